The molecule has 0 bridgehead atoms. The van der Waals surface area contributed by atoms with Gasteiger partial charge in [-0.15, -0.1) is 11.8 Å². The fourth-order valence-electron chi connectivity index (χ4n) is 3.43. The van der Waals surface area contributed by atoms with Crippen LogP contribution in [0.5, 0.6) is 0 Å². The average molecular weight is 365 g/mol. The van der Waals surface area contributed by atoms with E-state index in [9.17, 15) is 14.0 Å². The number of anilines is 1. The van der Waals surface area contributed by atoms with Crippen molar-refractivity contribution in [3.8, 4) is 0 Å². The lowest BCUT2D eigenvalue weighted by Gasteiger charge is -2.23. The van der Waals surface area contributed by atoms with Crippen molar-refractivity contribution in [2.75, 3.05) is 43.0 Å². The lowest BCUT2D eigenvalue weighted by Crippen LogP contribution is -2.37. The topological polar surface area (TPSA) is 52.7 Å². The molecule has 1 N–H and O–H groups in total. The summed E-state index contributed by atoms with van der Waals surface area (Å²) in [6.45, 7) is 3.96. The minimum atomic E-state index is -0.337. The molecule has 0 radical (unpaired) electrons. The molecule has 2 amide bonds. The number of nitrogens with zero attached hydrogens (tertiary/aromatic N) is 2. The molecule has 3 rings (SSSR count). The van der Waals surface area contributed by atoms with E-state index >= 15 is 0 Å². The number of amides is 2. The molecule has 0 aliphatic carbocycles. The number of thioether (sulfide) groups is 1. The van der Waals surface area contributed by atoms with Gasteiger partial charge in [0.05, 0.1) is 11.5 Å². The van der Waals surface area contributed by atoms with Crippen LogP contribution in [0.15, 0.2) is 24.3 Å². The highest BCUT2D eigenvalue weighted by molar-refractivity contribution is 8.00. The van der Waals surface area contributed by atoms with E-state index in [2.05, 4.69) is 10.2 Å². The van der Waals surface area contributed by atoms with Crippen LogP contribution in [0.1, 0.15) is 19.3 Å². The SMILES string of the molecule is O=C(CSCC(=O)N1CCC(N2CCCC2)C1)Nc1ccc(F)cc1. The Kier molecular flexibility index (Phi) is 6.31. The molecule has 0 spiro atoms. The van der Waals surface area contributed by atoms with Gasteiger partial charge >= 0.3 is 0 Å². The first-order valence-electron chi connectivity index (χ1n) is 8.77. The van der Waals surface area contributed by atoms with Crippen molar-refractivity contribution in [3.63, 3.8) is 0 Å². The Labute approximate surface area is 151 Å². The Morgan fingerprint density at radius 3 is 2.56 bits per heavy atom. The normalized spacial score (nSPS) is 20.8. The van der Waals surface area contributed by atoms with Gasteiger partial charge in [0.25, 0.3) is 0 Å². The van der Waals surface area contributed by atoms with Gasteiger partial charge in [-0.3, -0.25) is 14.5 Å². The van der Waals surface area contributed by atoms with Crippen molar-refractivity contribution in [1.29, 1.82) is 0 Å². The second kappa shape index (κ2) is 8.67. The summed E-state index contributed by atoms with van der Waals surface area (Å²) in [7, 11) is 0. The zero-order valence-corrected chi connectivity index (χ0v) is 15.1. The van der Waals surface area contributed by atoms with Gasteiger partial charge in [-0.25, -0.2) is 4.39 Å². The summed E-state index contributed by atoms with van der Waals surface area (Å²) >= 11 is 1.32. The van der Waals surface area contributed by atoms with Crippen molar-refractivity contribution in [2.45, 2.75) is 25.3 Å². The smallest absolute Gasteiger partial charge is 0.234 e. The first-order valence-corrected chi connectivity index (χ1v) is 9.92. The first kappa shape index (κ1) is 18.2. The number of carbonyl (C=O) groups excluding carboxylic acids is 2. The highest BCUT2D eigenvalue weighted by atomic mass is 32.2. The second-order valence-corrected chi connectivity index (χ2v) is 7.56. The maximum atomic E-state index is 12.8. The van der Waals surface area contributed by atoms with Gasteiger partial charge < -0.3 is 10.2 Å². The number of rotatable bonds is 6. The molecule has 136 valence electrons. The number of nitrogens with one attached hydrogen (secondary N) is 1. The number of carbonyl (C=O) groups is 2. The fourth-order valence-corrected chi connectivity index (χ4v) is 4.14. The third-order valence-electron chi connectivity index (χ3n) is 4.76. The van der Waals surface area contributed by atoms with Crippen molar-refractivity contribution in [2.24, 2.45) is 0 Å². The van der Waals surface area contributed by atoms with Gasteiger partial charge in [0, 0.05) is 24.8 Å². The van der Waals surface area contributed by atoms with Crippen molar-refractivity contribution in [1.82, 2.24) is 9.80 Å². The fraction of sp³-hybridized carbons (Fsp3) is 0.556. The molecular formula is C18H24FN3O2S. The summed E-state index contributed by atoms with van der Waals surface area (Å²) in [4.78, 5) is 28.6. The molecule has 1 atom stereocenters. The minimum absolute atomic E-state index is 0.112. The molecule has 1 unspecified atom stereocenters. The zero-order chi connectivity index (χ0) is 17.6. The van der Waals surface area contributed by atoms with E-state index in [-0.39, 0.29) is 23.4 Å². The molecule has 2 saturated heterocycles. The van der Waals surface area contributed by atoms with E-state index in [1.807, 2.05) is 4.90 Å². The molecule has 2 heterocycles. The van der Waals surface area contributed by atoms with Crippen LogP contribution in [-0.2, 0) is 9.59 Å². The summed E-state index contributed by atoms with van der Waals surface area (Å²) in [5.41, 5.74) is 0.561. The van der Waals surface area contributed by atoms with Crippen molar-refractivity contribution >= 4 is 29.3 Å². The largest absolute Gasteiger partial charge is 0.340 e. The quantitative estimate of drug-likeness (QED) is 0.840. The predicted octanol–water partition coefficient (Wildman–Crippen LogP) is 2.19. The van der Waals surface area contributed by atoms with Crippen LogP contribution in [0, 0.1) is 5.82 Å². The van der Waals surface area contributed by atoms with Crippen LogP contribution in [0.3, 0.4) is 0 Å². The molecule has 1 aromatic carbocycles. The highest BCUT2D eigenvalue weighted by Gasteiger charge is 2.31. The van der Waals surface area contributed by atoms with Crippen LogP contribution < -0.4 is 5.32 Å². The highest BCUT2D eigenvalue weighted by Crippen LogP contribution is 2.21. The summed E-state index contributed by atoms with van der Waals surface area (Å²) in [5, 5.41) is 2.70. The molecule has 7 heteroatoms. The summed E-state index contributed by atoms with van der Waals surface area (Å²) < 4.78 is 12.8. The van der Waals surface area contributed by atoms with Gasteiger partial charge in [-0.1, -0.05) is 0 Å². The first-order chi connectivity index (χ1) is 12.1. The molecule has 1 aromatic rings. The van der Waals surface area contributed by atoms with E-state index in [0.717, 1.165) is 32.6 Å². The van der Waals surface area contributed by atoms with Crippen LogP contribution >= 0.6 is 11.8 Å². The predicted molar refractivity (Wildman–Crippen MR) is 98.1 cm³/mol. The molecule has 5 nitrogen and oxygen atoms in total. The molecule has 2 aliphatic heterocycles. The van der Waals surface area contributed by atoms with Crippen LogP contribution in [-0.4, -0.2) is 65.3 Å². The summed E-state index contributed by atoms with van der Waals surface area (Å²) in [6.07, 6.45) is 3.59. The standard InChI is InChI=1S/C18H24FN3O2S/c19-14-3-5-15(6-4-14)20-17(23)12-25-13-18(24)22-10-7-16(11-22)21-8-1-2-9-21/h3-6,16H,1-2,7-13H2,(H,20,23). The van der Waals surface area contributed by atoms with Gasteiger partial charge in [0.1, 0.15) is 5.82 Å². The lowest BCUT2D eigenvalue weighted by molar-refractivity contribution is -0.127. The maximum Gasteiger partial charge on any atom is 0.234 e. The van der Waals surface area contributed by atoms with Gasteiger partial charge in [-0.05, 0) is 56.6 Å². The summed E-state index contributed by atoms with van der Waals surface area (Å²) in [6, 6.07) is 6.16. The van der Waals surface area contributed by atoms with E-state index in [1.54, 1.807) is 0 Å². The third-order valence-corrected chi connectivity index (χ3v) is 5.68. The van der Waals surface area contributed by atoms with Gasteiger partial charge in [-0.2, -0.15) is 0 Å². The van der Waals surface area contributed by atoms with Crippen molar-refractivity contribution < 1.29 is 14.0 Å². The maximum absolute atomic E-state index is 12.8. The number of hydrogen-bond donors (Lipinski definition) is 1. The third kappa shape index (κ3) is 5.19. The van der Waals surface area contributed by atoms with Gasteiger partial charge in [0.15, 0.2) is 0 Å². The Hall–Kier alpha value is -1.60. The number of hydrogen-bond acceptors (Lipinski definition) is 4. The van der Waals surface area contributed by atoms with E-state index in [1.165, 1.54) is 48.9 Å². The Morgan fingerprint density at radius 1 is 1.12 bits per heavy atom. The molecule has 0 saturated carbocycles. The van der Waals surface area contributed by atoms with E-state index < -0.39 is 0 Å². The van der Waals surface area contributed by atoms with Crippen molar-refractivity contribution in [3.05, 3.63) is 30.1 Å². The molecule has 2 fully saturated rings. The Bertz CT molecular complexity index is 605. The Balaban J connectivity index is 1.35. The van der Waals surface area contributed by atoms with Crippen LogP contribution in [0.2, 0.25) is 0 Å². The average Bonchev–Trinajstić information content (AvgIpc) is 3.28. The minimum Gasteiger partial charge on any atom is -0.340 e. The molecule has 0 aromatic heterocycles. The van der Waals surface area contributed by atoms with E-state index in [0.29, 0.717) is 17.5 Å². The Morgan fingerprint density at radius 2 is 1.84 bits per heavy atom. The molecule has 25 heavy (non-hydrogen) atoms. The summed E-state index contributed by atoms with van der Waals surface area (Å²) in [5.74, 6) is 0.133. The van der Waals surface area contributed by atoms with Gasteiger partial charge in [0.2, 0.25) is 11.8 Å². The molecule has 2 aliphatic rings. The monoisotopic (exact) mass is 365 g/mol. The lowest BCUT2D eigenvalue weighted by atomic mass is 10.2. The number of benzene rings is 1. The molecular weight excluding hydrogens is 341 g/mol. The number of halogens is 1. The van der Waals surface area contributed by atoms with Crippen LogP contribution in [0.4, 0.5) is 10.1 Å². The number of likely N-dealkylation sites (tertiary alicyclic amines) is 2. The zero-order valence-electron chi connectivity index (χ0n) is 14.2. The van der Waals surface area contributed by atoms with Crippen LogP contribution in [0.25, 0.3) is 0 Å². The van der Waals surface area contributed by atoms with E-state index in [4.69, 9.17) is 0 Å². The second-order valence-electron chi connectivity index (χ2n) is 6.57.